The molecule has 1 aromatic rings. The van der Waals surface area contributed by atoms with Crippen LogP contribution in [0.1, 0.15) is 24.0 Å². The molecular formula is C16H22N2O. The van der Waals surface area contributed by atoms with Gasteiger partial charge in [-0.15, -0.1) is 0 Å². The lowest BCUT2D eigenvalue weighted by Gasteiger charge is -2.28. The van der Waals surface area contributed by atoms with Crippen molar-refractivity contribution < 1.29 is 4.79 Å². The van der Waals surface area contributed by atoms with E-state index in [4.69, 9.17) is 0 Å². The van der Waals surface area contributed by atoms with Crippen molar-refractivity contribution in [2.45, 2.75) is 25.7 Å². The Kier molecular flexibility index (Phi) is 3.83. The summed E-state index contributed by atoms with van der Waals surface area (Å²) < 4.78 is 0. The SMILES string of the molecule is O=C(CC1CCc2ccccc2C1)NCC1CNC1. The van der Waals surface area contributed by atoms with Crippen molar-refractivity contribution in [2.24, 2.45) is 11.8 Å². The number of amides is 1. The van der Waals surface area contributed by atoms with Crippen LogP contribution in [-0.4, -0.2) is 25.5 Å². The van der Waals surface area contributed by atoms with Gasteiger partial charge in [0.2, 0.25) is 5.91 Å². The quantitative estimate of drug-likeness (QED) is 0.859. The molecule has 1 fully saturated rings. The van der Waals surface area contributed by atoms with E-state index in [0.717, 1.165) is 38.9 Å². The van der Waals surface area contributed by atoms with Crippen LogP contribution in [0.15, 0.2) is 24.3 Å². The molecule has 3 nitrogen and oxygen atoms in total. The molecule has 1 saturated heterocycles. The van der Waals surface area contributed by atoms with Crippen LogP contribution < -0.4 is 10.6 Å². The average molecular weight is 258 g/mol. The van der Waals surface area contributed by atoms with Crippen LogP contribution in [0.5, 0.6) is 0 Å². The number of hydrogen-bond donors (Lipinski definition) is 2. The monoisotopic (exact) mass is 258 g/mol. The van der Waals surface area contributed by atoms with Gasteiger partial charge >= 0.3 is 0 Å². The smallest absolute Gasteiger partial charge is 0.220 e. The molecule has 0 saturated carbocycles. The summed E-state index contributed by atoms with van der Waals surface area (Å²) in [6.07, 6.45) is 4.03. The Morgan fingerprint density at radius 3 is 2.74 bits per heavy atom. The maximum absolute atomic E-state index is 11.9. The Morgan fingerprint density at radius 2 is 2.00 bits per heavy atom. The zero-order chi connectivity index (χ0) is 13.1. The van der Waals surface area contributed by atoms with Crippen molar-refractivity contribution in [2.75, 3.05) is 19.6 Å². The van der Waals surface area contributed by atoms with Crippen molar-refractivity contribution in [3.05, 3.63) is 35.4 Å². The highest BCUT2D eigenvalue weighted by Crippen LogP contribution is 2.27. The van der Waals surface area contributed by atoms with E-state index < -0.39 is 0 Å². The van der Waals surface area contributed by atoms with Crippen LogP contribution in [0.25, 0.3) is 0 Å². The third-order valence-corrected chi connectivity index (χ3v) is 4.38. The Labute approximate surface area is 114 Å². The van der Waals surface area contributed by atoms with E-state index in [1.807, 2.05) is 0 Å². The highest BCUT2D eigenvalue weighted by atomic mass is 16.1. The van der Waals surface area contributed by atoms with Crippen LogP contribution in [0.3, 0.4) is 0 Å². The molecule has 0 spiro atoms. The summed E-state index contributed by atoms with van der Waals surface area (Å²) in [6, 6.07) is 8.64. The molecular weight excluding hydrogens is 236 g/mol. The molecule has 1 amide bonds. The lowest BCUT2D eigenvalue weighted by molar-refractivity contribution is -0.122. The van der Waals surface area contributed by atoms with Crippen molar-refractivity contribution in [3.63, 3.8) is 0 Å². The van der Waals surface area contributed by atoms with Gasteiger partial charge in [0.25, 0.3) is 0 Å². The highest BCUT2D eigenvalue weighted by molar-refractivity contribution is 5.76. The Hall–Kier alpha value is -1.35. The predicted octanol–water partition coefficient (Wildman–Crippen LogP) is 1.52. The summed E-state index contributed by atoms with van der Waals surface area (Å²) in [5.41, 5.74) is 2.91. The van der Waals surface area contributed by atoms with Crippen LogP contribution >= 0.6 is 0 Å². The summed E-state index contributed by atoms with van der Waals surface area (Å²) in [4.78, 5) is 11.9. The van der Waals surface area contributed by atoms with Crippen molar-refractivity contribution in [1.29, 1.82) is 0 Å². The van der Waals surface area contributed by atoms with Gasteiger partial charge in [-0.3, -0.25) is 4.79 Å². The molecule has 1 aromatic carbocycles. The normalized spacial score (nSPS) is 22.4. The second-order valence-corrected chi connectivity index (χ2v) is 5.91. The first kappa shape index (κ1) is 12.7. The van der Waals surface area contributed by atoms with Crippen LogP contribution in [0.4, 0.5) is 0 Å². The minimum Gasteiger partial charge on any atom is -0.356 e. The number of rotatable bonds is 4. The van der Waals surface area contributed by atoms with E-state index in [9.17, 15) is 4.79 Å². The first-order chi connectivity index (χ1) is 9.31. The number of carbonyl (C=O) groups excluding carboxylic acids is 1. The maximum Gasteiger partial charge on any atom is 0.220 e. The van der Waals surface area contributed by atoms with E-state index in [-0.39, 0.29) is 5.91 Å². The summed E-state index contributed by atoms with van der Waals surface area (Å²) in [5.74, 6) is 1.40. The van der Waals surface area contributed by atoms with Gasteiger partial charge in [0.1, 0.15) is 0 Å². The van der Waals surface area contributed by atoms with Gasteiger partial charge in [-0.25, -0.2) is 0 Å². The number of fused-ring (bicyclic) bond motifs is 1. The molecule has 3 rings (SSSR count). The van der Waals surface area contributed by atoms with Gasteiger partial charge in [-0.05, 0) is 36.3 Å². The molecule has 0 radical (unpaired) electrons. The lowest BCUT2D eigenvalue weighted by atomic mass is 9.82. The molecule has 1 aliphatic heterocycles. The zero-order valence-electron chi connectivity index (χ0n) is 11.3. The van der Waals surface area contributed by atoms with Crippen molar-refractivity contribution in [1.82, 2.24) is 10.6 Å². The van der Waals surface area contributed by atoms with E-state index in [1.165, 1.54) is 11.1 Å². The van der Waals surface area contributed by atoms with E-state index in [2.05, 4.69) is 34.9 Å². The Balaban J connectivity index is 1.47. The first-order valence-corrected chi connectivity index (χ1v) is 7.35. The first-order valence-electron chi connectivity index (χ1n) is 7.35. The third kappa shape index (κ3) is 3.16. The summed E-state index contributed by atoms with van der Waals surface area (Å²) >= 11 is 0. The number of hydrogen-bond acceptors (Lipinski definition) is 2. The van der Waals surface area contributed by atoms with Gasteiger partial charge in [0.05, 0.1) is 0 Å². The van der Waals surface area contributed by atoms with Gasteiger partial charge in [-0.1, -0.05) is 24.3 Å². The second-order valence-electron chi connectivity index (χ2n) is 5.91. The molecule has 19 heavy (non-hydrogen) atoms. The minimum atomic E-state index is 0.233. The summed E-state index contributed by atoms with van der Waals surface area (Å²) in [7, 11) is 0. The number of carbonyl (C=O) groups is 1. The fourth-order valence-corrected chi connectivity index (χ4v) is 3.03. The number of benzene rings is 1. The Bertz CT molecular complexity index is 454. The number of nitrogens with one attached hydrogen (secondary N) is 2. The second kappa shape index (κ2) is 5.74. The molecule has 0 aromatic heterocycles. The maximum atomic E-state index is 11.9. The molecule has 2 aliphatic rings. The van der Waals surface area contributed by atoms with E-state index in [1.54, 1.807) is 0 Å². The van der Waals surface area contributed by atoms with Gasteiger partial charge in [0.15, 0.2) is 0 Å². The minimum absolute atomic E-state index is 0.233. The van der Waals surface area contributed by atoms with E-state index in [0.29, 0.717) is 18.3 Å². The molecule has 102 valence electrons. The topological polar surface area (TPSA) is 41.1 Å². The standard InChI is InChI=1S/C16H22N2O/c19-16(18-11-13-9-17-10-13)8-12-5-6-14-3-1-2-4-15(14)7-12/h1-4,12-13,17H,5-11H2,(H,18,19). The van der Waals surface area contributed by atoms with E-state index >= 15 is 0 Å². The number of aryl methyl sites for hydroxylation is 1. The van der Waals surface area contributed by atoms with Crippen molar-refractivity contribution in [3.8, 4) is 0 Å². The fraction of sp³-hybridized carbons (Fsp3) is 0.562. The predicted molar refractivity (Wildman–Crippen MR) is 75.9 cm³/mol. The fourth-order valence-electron chi connectivity index (χ4n) is 3.03. The third-order valence-electron chi connectivity index (χ3n) is 4.38. The highest BCUT2D eigenvalue weighted by Gasteiger charge is 2.22. The molecule has 1 unspecified atom stereocenters. The van der Waals surface area contributed by atoms with Crippen LogP contribution in [0.2, 0.25) is 0 Å². The average Bonchev–Trinajstić information content (AvgIpc) is 2.37. The molecule has 3 heteroatoms. The summed E-state index contributed by atoms with van der Waals surface area (Å²) in [5, 5.41) is 6.30. The molecule has 0 bridgehead atoms. The molecule has 1 atom stereocenters. The van der Waals surface area contributed by atoms with Crippen molar-refractivity contribution >= 4 is 5.91 Å². The Morgan fingerprint density at radius 1 is 1.21 bits per heavy atom. The van der Waals surface area contributed by atoms with Gasteiger partial charge in [-0.2, -0.15) is 0 Å². The molecule has 1 heterocycles. The van der Waals surface area contributed by atoms with Crippen LogP contribution in [0, 0.1) is 11.8 Å². The van der Waals surface area contributed by atoms with Crippen LogP contribution in [-0.2, 0) is 17.6 Å². The molecule has 2 N–H and O–H groups in total. The van der Waals surface area contributed by atoms with Gasteiger partial charge in [0, 0.05) is 32.0 Å². The van der Waals surface area contributed by atoms with Gasteiger partial charge < -0.3 is 10.6 Å². The lowest BCUT2D eigenvalue weighted by Crippen LogP contribution is -2.48. The molecule has 1 aliphatic carbocycles. The zero-order valence-corrected chi connectivity index (χ0v) is 11.3. The summed E-state index contributed by atoms with van der Waals surface area (Å²) in [6.45, 7) is 2.95. The largest absolute Gasteiger partial charge is 0.356 e.